The molecule has 2 N–H and O–H groups in total. The van der Waals surface area contributed by atoms with Crippen LogP contribution in [0.1, 0.15) is 30.9 Å². The number of ether oxygens (including phenoxy) is 1. The van der Waals surface area contributed by atoms with Gasteiger partial charge in [-0.2, -0.15) is 0 Å². The smallest absolute Gasteiger partial charge is 0.163 e. The zero-order chi connectivity index (χ0) is 12.6. The molecule has 2 rings (SSSR count). The Labute approximate surface area is 110 Å². The van der Waals surface area contributed by atoms with E-state index in [-0.39, 0.29) is 11.3 Å². The molecule has 0 amide bonds. The lowest BCUT2D eigenvalue weighted by Crippen LogP contribution is -2.33. The van der Waals surface area contributed by atoms with Crippen LogP contribution in [0.5, 0.6) is 11.5 Å². The predicted octanol–water partition coefficient (Wildman–Crippen LogP) is 3.07. The fraction of sp³-hybridized carbons (Fsp3) is 0.538. The van der Waals surface area contributed by atoms with Crippen LogP contribution in [0.3, 0.4) is 0 Å². The van der Waals surface area contributed by atoms with Gasteiger partial charge in [0.2, 0.25) is 0 Å². The van der Waals surface area contributed by atoms with Crippen molar-refractivity contribution in [2.75, 3.05) is 13.7 Å². The summed E-state index contributed by atoms with van der Waals surface area (Å²) in [7, 11) is 1.58. The molecule has 17 heavy (non-hydrogen) atoms. The summed E-state index contributed by atoms with van der Waals surface area (Å²) in [4.78, 5) is 0. The zero-order valence-corrected chi connectivity index (χ0v) is 12.0. The third-order valence-corrected chi connectivity index (χ3v) is 4.55. The minimum Gasteiger partial charge on any atom is -0.504 e. The summed E-state index contributed by atoms with van der Waals surface area (Å²) in [6.07, 6.45) is 2.14. The Morgan fingerprint density at radius 2 is 2.24 bits per heavy atom. The first-order valence-corrected chi connectivity index (χ1v) is 6.60. The van der Waals surface area contributed by atoms with Crippen molar-refractivity contribution >= 4 is 15.9 Å². The van der Waals surface area contributed by atoms with Crippen molar-refractivity contribution in [3.05, 3.63) is 21.7 Å². The Bertz CT molecular complexity index is 440. The van der Waals surface area contributed by atoms with Gasteiger partial charge < -0.3 is 15.2 Å². The molecule has 0 bridgehead atoms. The van der Waals surface area contributed by atoms with Gasteiger partial charge in [-0.05, 0) is 44.9 Å². The van der Waals surface area contributed by atoms with Crippen molar-refractivity contribution in [2.45, 2.75) is 32.2 Å². The second kappa shape index (κ2) is 4.50. The maximum Gasteiger partial charge on any atom is 0.163 e. The van der Waals surface area contributed by atoms with E-state index in [1.165, 1.54) is 0 Å². The van der Waals surface area contributed by atoms with E-state index in [0.29, 0.717) is 5.75 Å². The summed E-state index contributed by atoms with van der Waals surface area (Å²) in [5.41, 5.74) is 1.80. The molecule has 94 valence electrons. The number of aromatic hydroxyl groups is 1. The first-order chi connectivity index (χ1) is 7.99. The normalized spacial score (nSPS) is 24.0. The van der Waals surface area contributed by atoms with Gasteiger partial charge in [0.1, 0.15) is 0 Å². The van der Waals surface area contributed by atoms with Crippen molar-refractivity contribution in [2.24, 2.45) is 0 Å². The SMILES string of the molecule is COc1cc(C)c(Br)c(C2(C)CCCN2)c1O. The first-order valence-electron chi connectivity index (χ1n) is 5.81. The topological polar surface area (TPSA) is 41.5 Å². The Morgan fingerprint density at radius 3 is 2.76 bits per heavy atom. The highest BCUT2D eigenvalue weighted by Crippen LogP contribution is 2.46. The highest BCUT2D eigenvalue weighted by Gasteiger charge is 2.35. The average molecular weight is 300 g/mol. The van der Waals surface area contributed by atoms with Crippen LogP contribution in [-0.2, 0) is 5.54 Å². The fourth-order valence-electron chi connectivity index (χ4n) is 2.52. The average Bonchev–Trinajstić information content (AvgIpc) is 2.71. The maximum absolute atomic E-state index is 10.3. The molecule has 0 aliphatic carbocycles. The van der Waals surface area contributed by atoms with Crippen molar-refractivity contribution in [3.8, 4) is 11.5 Å². The molecule has 0 radical (unpaired) electrons. The molecular formula is C13H18BrNO2. The monoisotopic (exact) mass is 299 g/mol. The maximum atomic E-state index is 10.3. The van der Waals surface area contributed by atoms with Crippen molar-refractivity contribution in [3.63, 3.8) is 0 Å². The predicted molar refractivity (Wildman–Crippen MR) is 71.7 cm³/mol. The van der Waals surface area contributed by atoms with Crippen LogP contribution in [0.25, 0.3) is 0 Å². The van der Waals surface area contributed by atoms with Gasteiger partial charge in [-0.3, -0.25) is 0 Å². The number of aryl methyl sites for hydroxylation is 1. The highest BCUT2D eigenvalue weighted by molar-refractivity contribution is 9.10. The van der Waals surface area contributed by atoms with Crippen molar-refractivity contribution < 1.29 is 9.84 Å². The lowest BCUT2D eigenvalue weighted by atomic mass is 9.88. The molecule has 1 aromatic carbocycles. The standard InChI is InChI=1S/C13H18BrNO2/c1-8-7-9(17-3)12(16)10(11(8)14)13(2)5-4-6-15-13/h7,15-16H,4-6H2,1-3H3. The van der Waals surface area contributed by atoms with Gasteiger partial charge >= 0.3 is 0 Å². The number of phenols is 1. The number of phenolic OH excluding ortho intramolecular Hbond substituents is 1. The van der Waals surface area contributed by atoms with E-state index in [1.54, 1.807) is 7.11 Å². The second-order valence-corrected chi connectivity index (χ2v) is 5.59. The number of hydrogen-bond acceptors (Lipinski definition) is 3. The fourth-order valence-corrected chi connectivity index (χ4v) is 3.26. The third kappa shape index (κ3) is 2.04. The van der Waals surface area contributed by atoms with E-state index in [0.717, 1.165) is 35.0 Å². The van der Waals surface area contributed by atoms with E-state index in [2.05, 4.69) is 28.2 Å². The van der Waals surface area contributed by atoms with E-state index in [4.69, 9.17) is 4.74 Å². The van der Waals surface area contributed by atoms with E-state index < -0.39 is 0 Å². The summed E-state index contributed by atoms with van der Waals surface area (Å²) in [6, 6.07) is 1.85. The Hall–Kier alpha value is -0.740. The first kappa shape index (κ1) is 12.7. The molecule has 4 heteroatoms. The largest absolute Gasteiger partial charge is 0.504 e. The lowest BCUT2D eigenvalue weighted by Gasteiger charge is -2.28. The number of methoxy groups -OCH3 is 1. The third-order valence-electron chi connectivity index (χ3n) is 3.52. The summed E-state index contributed by atoms with van der Waals surface area (Å²) < 4.78 is 6.19. The minimum absolute atomic E-state index is 0.178. The molecule has 0 spiro atoms. The van der Waals surface area contributed by atoms with Crippen molar-refractivity contribution in [1.82, 2.24) is 5.32 Å². The molecule has 1 heterocycles. The molecule has 3 nitrogen and oxygen atoms in total. The van der Waals surface area contributed by atoms with Crippen molar-refractivity contribution in [1.29, 1.82) is 0 Å². The van der Waals surface area contributed by atoms with Crippen LogP contribution in [-0.4, -0.2) is 18.8 Å². The molecule has 1 fully saturated rings. The van der Waals surface area contributed by atoms with Gasteiger partial charge in [0.05, 0.1) is 7.11 Å². The van der Waals surface area contributed by atoms with Crippen LogP contribution >= 0.6 is 15.9 Å². The summed E-state index contributed by atoms with van der Waals surface area (Å²) in [6.45, 7) is 5.12. The molecular weight excluding hydrogens is 282 g/mol. The van der Waals surface area contributed by atoms with Gasteiger partial charge in [-0.25, -0.2) is 0 Å². The summed E-state index contributed by atoms with van der Waals surface area (Å²) >= 11 is 3.58. The number of benzene rings is 1. The summed E-state index contributed by atoms with van der Waals surface area (Å²) in [5.74, 6) is 0.775. The van der Waals surface area contributed by atoms with Crippen LogP contribution in [0, 0.1) is 6.92 Å². The summed E-state index contributed by atoms with van der Waals surface area (Å²) in [5, 5.41) is 13.8. The van der Waals surface area contributed by atoms with Crippen LogP contribution in [0.15, 0.2) is 10.5 Å². The molecule has 1 aliphatic heterocycles. The molecule has 1 unspecified atom stereocenters. The second-order valence-electron chi connectivity index (χ2n) is 4.80. The van der Waals surface area contributed by atoms with Gasteiger partial charge in [-0.1, -0.05) is 15.9 Å². The lowest BCUT2D eigenvalue weighted by molar-refractivity contribution is 0.349. The number of rotatable bonds is 2. The van der Waals surface area contributed by atoms with Crippen LogP contribution in [0.4, 0.5) is 0 Å². The van der Waals surface area contributed by atoms with Crippen LogP contribution < -0.4 is 10.1 Å². The number of halogens is 1. The van der Waals surface area contributed by atoms with Crippen LogP contribution in [0.2, 0.25) is 0 Å². The zero-order valence-electron chi connectivity index (χ0n) is 10.4. The molecule has 0 aromatic heterocycles. The van der Waals surface area contributed by atoms with Gasteiger partial charge in [0, 0.05) is 15.6 Å². The molecule has 1 aromatic rings. The number of nitrogens with one attached hydrogen (secondary N) is 1. The van der Waals surface area contributed by atoms with Gasteiger partial charge in [-0.15, -0.1) is 0 Å². The Balaban J connectivity index is 2.62. The molecule has 1 aliphatic rings. The van der Waals surface area contributed by atoms with E-state index >= 15 is 0 Å². The highest BCUT2D eigenvalue weighted by atomic mass is 79.9. The number of hydrogen-bond donors (Lipinski definition) is 2. The molecule has 0 saturated carbocycles. The molecule has 1 saturated heterocycles. The Morgan fingerprint density at radius 1 is 1.53 bits per heavy atom. The van der Waals surface area contributed by atoms with E-state index in [1.807, 2.05) is 13.0 Å². The quantitative estimate of drug-likeness (QED) is 0.882. The van der Waals surface area contributed by atoms with Gasteiger partial charge in [0.15, 0.2) is 11.5 Å². The molecule has 1 atom stereocenters. The van der Waals surface area contributed by atoms with Gasteiger partial charge in [0.25, 0.3) is 0 Å². The Kier molecular flexibility index (Phi) is 3.36. The minimum atomic E-state index is -0.178. The van der Waals surface area contributed by atoms with E-state index in [9.17, 15) is 5.11 Å².